The lowest BCUT2D eigenvalue weighted by molar-refractivity contribution is -0.384. The van der Waals surface area contributed by atoms with Gasteiger partial charge in [-0.25, -0.2) is 9.37 Å². The molecule has 1 amide bonds. The highest BCUT2D eigenvalue weighted by Gasteiger charge is 2.66. The zero-order valence-electron chi connectivity index (χ0n) is 17.7. The van der Waals surface area contributed by atoms with Crippen LogP contribution in [0, 0.1) is 27.7 Å². The number of carbonyl (C=O) groups is 1. The number of ether oxygens (including phenoxy) is 2. The number of aromatic nitrogens is 1. The molecule has 0 spiro atoms. The first-order chi connectivity index (χ1) is 15.7. The van der Waals surface area contributed by atoms with Gasteiger partial charge in [0.25, 0.3) is 5.91 Å². The molecule has 1 aliphatic heterocycles. The number of halogens is 6. The topological polar surface area (TPSA) is 104 Å². The first kappa shape index (κ1) is 25.6. The number of carbonyl (C=O) groups excluding carboxylic acids is 1. The van der Waals surface area contributed by atoms with Crippen molar-refractivity contribution in [3.63, 3.8) is 0 Å². The first-order valence-electron chi connectivity index (χ1n) is 9.60. The molecule has 34 heavy (non-hydrogen) atoms. The van der Waals surface area contributed by atoms with Gasteiger partial charge < -0.3 is 14.8 Å². The number of nitrogens with one attached hydrogen (secondary N) is 1. The van der Waals surface area contributed by atoms with Crippen LogP contribution in [0.5, 0.6) is 5.75 Å². The number of methoxy groups -OCH3 is 1. The largest absolute Gasteiger partial charge is 0.493 e. The van der Waals surface area contributed by atoms with Gasteiger partial charge in [0, 0.05) is 23.5 Å². The van der Waals surface area contributed by atoms with Crippen LogP contribution in [-0.2, 0) is 9.53 Å². The van der Waals surface area contributed by atoms with Crippen molar-refractivity contribution >= 4 is 28.9 Å². The Morgan fingerprint density at radius 3 is 2.56 bits per heavy atom. The standard InChI is InChI=1S/C20H17ClF5N3O5/c1-8-14(9-4-5-10(22)15(23)16(9)33-3)17(34-19(8,2)20(24,25)26)18(30)28-11-6-13(21)27-7-12(11)29(31)32/h4-8,14,17H,1-3H3,(H,27,28,30)/t8-,14-,17+,19+/m0/s1. The third-order valence-corrected chi connectivity index (χ3v) is 6.08. The molecule has 0 unspecified atom stereocenters. The Morgan fingerprint density at radius 2 is 2.00 bits per heavy atom. The van der Waals surface area contributed by atoms with E-state index < -0.39 is 69.3 Å². The Bertz CT molecular complexity index is 1150. The zero-order chi connectivity index (χ0) is 25.6. The number of anilines is 1. The Balaban J connectivity index is 2.13. The molecule has 3 rings (SSSR count). The molecule has 1 N–H and O–H groups in total. The molecule has 184 valence electrons. The van der Waals surface area contributed by atoms with Gasteiger partial charge >= 0.3 is 11.9 Å². The van der Waals surface area contributed by atoms with Gasteiger partial charge in [0.15, 0.2) is 17.2 Å². The van der Waals surface area contributed by atoms with Gasteiger partial charge in [-0.15, -0.1) is 0 Å². The fourth-order valence-corrected chi connectivity index (χ4v) is 4.07. The summed E-state index contributed by atoms with van der Waals surface area (Å²) in [6.07, 6.45) is -6.13. The summed E-state index contributed by atoms with van der Waals surface area (Å²) in [5, 5.41) is 13.2. The predicted octanol–water partition coefficient (Wildman–Crippen LogP) is 5.01. The maximum atomic E-state index is 14.4. The van der Waals surface area contributed by atoms with E-state index in [9.17, 15) is 36.9 Å². The van der Waals surface area contributed by atoms with Crippen molar-refractivity contribution < 1.29 is 41.1 Å². The number of nitro groups is 1. The molecule has 1 fully saturated rings. The number of benzene rings is 1. The lowest BCUT2D eigenvalue weighted by atomic mass is 9.77. The zero-order valence-corrected chi connectivity index (χ0v) is 18.5. The smallest absolute Gasteiger partial charge is 0.417 e. The van der Waals surface area contributed by atoms with Crippen LogP contribution in [0.1, 0.15) is 25.3 Å². The summed E-state index contributed by atoms with van der Waals surface area (Å²) in [5.41, 5.74) is -4.24. The number of hydrogen-bond acceptors (Lipinski definition) is 6. The number of nitrogens with zero attached hydrogens (tertiary/aromatic N) is 2. The third kappa shape index (κ3) is 4.25. The average molecular weight is 510 g/mol. The van der Waals surface area contributed by atoms with E-state index in [1.807, 2.05) is 0 Å². The highest BCUT2D eigenvalue weighted by Crippen LogP contribution is 2.55. The Kier molecular flexibility index (Phi) is 6.73. The lowest BCUT2D eigenvalue weighted by Crippen LogP contribution is -2.47. The highest BCUT2D eigenvalue weighted by atomic mass is 35.5. The summed E-state index contributed by atoms with van der Waals surface area (Å²) in [6, 6.07) is 2.62. The molecule has 0 aliphatic carbocycles. The van der Waals surface area contributed by atoms with Gasteiger partial charge in [-0.2, -0.15) is 17.6 Å². The summed E-state index contributed by atoms with van der Waals surface area (Å²) in [7, 11) is 0.988. The van der Waals surface area contributed by atoms with Crippen LogP contribution in [0.2, 0.25) is 5.15 Å². The third-order valence-electron chi connectivity index (χ3n) is 5.87. The molecule has 0 radical (unpaired) electrons. The molecule has 0 bridgehead atoms. The van der Waals surface area contributed by atoms with Crippen molar-refractivity contribution in [2.45, 2.75) is 37.6 Å². The second-order valence-corrected chi connectivity index (χ2v) is 8.10. The SMILES string of the molecule is COc1c([C@H]2[C@H](C(=O)Nc3cc(Cl)ncc3[N+](=O)[O-])O[C@@](C)(C(F)(F)F)[C@H]2C)ccc(F)c1F. The minimum atomic E-state index is -4.96. The minimum Gasteiger partial charge on any atom is -0.493 e. The second kappa shape index (κ2) is 8.95. The normalized spacial score (nSPS) is 24.7. The Labute approximate surface area is 194 Å². The summed E-state index contributed by atoms with van der Waals surface area (Å²) >= 11 is 5.73. The maximum Gasteiger partial charge on any atom is 0.417 e. The van der Waals surface area contributed by atoms with E-state index in [-0.39, 0.29) is 10.7 Å². The first-order valence-corrected chi connectivity index (χ1v) is 9.98. The van der Waals surface area contributed by atoms with Crippen molar-refractivity contribution in [1.82, 2.24) is 4.98 Å². The van der Waals surface area contributed by atoms with Gasteiger partial charge in [0.2, 0.25) is 5.82 Å². The van der Waals surface area contributed by atoms with E-state index in [1.165, 1.54) is 0 Å². The number of alkyl halides is 3. The Morgan fingerprint density at radius 1 is 1.35 bits per heavy atom. The Hall–Kier alpha value is -3.06. The molecule has 14 heteroatoms. The quantitative estimate of drug-likeness (QED) is 0.263. The van der Waals surface area contributed by atoms with Crippen molar-refractivity contribution in [3.8, 4) is 5.75 Å². The monoisotopic (exact) mass is 509 g/mol. The molecule has 2 aromatic rings. The van der Waals surface area contributed by atoms with Crippen LogP contribution >= 0.6 is 11.6 Å². The fraction of sp³-hybridized carbons (Fsp3) is 0.400. The summed E-state index contributed by atoms with van der Waals surface area (Å²) in [4.78, 5) is 27.0. The van der Waals surface area contributed by atoms with Crippen LogP contribution in [0.15, 0.2) is 24.4 Å². The van der Waals surface area contributed by atoms with Crippen LogP contribution in [0.25, 0.3) is 0 Å². The van der Waals surface area contributed by atoms with Gasteiger partial charge in [-0.05, 0) is 13.0 Å². The molecule has 0 saturated carbocycles. The average Bonchev–Trinajstić information content (AvgIpc) is 3.02. The summed E-state index contributed by atoms with van der Waals surface area (Å²) in [5.74, 6) is -7.63. The number of amides is 1. The molecule has 2 heterocycles. The molecule has 1 saturated heterocycles. The van der Waals surface area contributed by atoms with Crippen molar-refractivity contribution in [2.24, 2.45) is 5.92 Å². The van der Waals surface area contributed by atoms with Crippen molar-refractivity contribution in [1.29, 1.82) is 0 Å². The molecular formula is C20H17ClF5N3O5. The summed E-state index contributed by atoms with van der Waals surface area (Å²) in [6.45, 7) is 1.86. The van der Waals surface area contributed by atoms with Crippen LogP contribution in [0.4, 0.5) is 33.3 Å². The molecular weight excluding hydrogens is 493 g/mol. The van der Waals surface area contributed by atoms with Crippen molar-refractivity contribution in [2.75, 3.05) is 12.4 Å². The highest BCUT2D eigenvalue weighted by molar-refractivity contribution is 6.29. The van der Waals surface area contributed by atoms with Gasteiger partial charge in [0.1, 0.15) is 23.1 Å². The van der Waals surface area contributed by atoms with E-state index in [0.29, 0.717) is 6.07 Å². The fourth-order valence-electron chi connectivity index (χ4n) is 3.91. The van der Waals surface area contributed by atoms with E-state index in [2.05, 4.69) is 10.3 Å². The van der Waals surface area contributed by atoms with Crippen LogP contribution in [0.3, 0.4) is 0 Å². The minimum absolute atomic E-state index is 0.236. The van der Waals surface area contributed by atoms with Gasteiger partial charge in [-0.3, -0.25) is 14.9 Å². The molecule has 1 aromatic carbocycles. The molecule has 4 atom stereocenters. The van der Waals surface area contributed by atoms with Crippen molar-refractivity contribution in [3.05, 3.63) is 56.9 Å². The van der Waals surface area contributed by atoms with Crippen LogP contribution < -0.4 is 10.1 Å². The van der Waals surface area contributed by atoms with Gasteiger partial charge in [0.05, 0.1) is 12.0 Å². The number of hydrogen-bond donors (Lipinski definition) is 1. The molecule has 1 aliphatic rings. The predicted molar refractivity (Wildman–Crippen MR) is 109 cm³/mol. The lowest BCUT2D eigenvalue weighted by Gasteiger charge is -2.32. The second-order valence-electron chi connectivity index (χ2n) is 7.71. The maximum absolute atomic E-state index is 14.4. The van der Waals surface area contributed by atoms with Gasteiger partial charge in [-0.1, -0.05) is 24.6 Å². The molecule has 8 nitrogen and oxygen atoms in total. The number of pyridine rings is 1. The van der Waals surface area contributed by atoms with Crippen LogP contribution in [-0.4, -0.2) is 40.8 Å². The molecule has 1 aromatic heterocycles. The van der Waals surface area contributed by atoms with E-state index in [4.69, 9.17) is 21.1 Å². The number of rotatable bonds is 5. The van der Waals surface area contributed by atoms with E-state index in [0.717, 1.165) is 39.3 Å². The summed E-state index contributed by atoms with van der Waals surface area (Å²) < 4.78 is 80.1. The van der Waals surface area contributed by atoms with E-state index >= 15 is 0 Å². The van der Waals surface area contributed by atoms with E-state index in [1.54, 1.807) is 0 Å².